The first kappa shape index (κ1) is 15.6. The van der Waals surface area contributed by atoms with Gasteiger partial charge < -0.3 is 10.5 Å². The van der Waals surface area contributed by atoms with Gasteiger partial charge in [0.2, 0.25) is 0 Å². The average molecular weight is 280 g/mol. The lowest BCUT2D eigenvalue weighted by Crippen LogP contribution is -2.32. The molecule has 0 fully saturated rings. The maximum Gasteiger partial charge on any atom is 0.337 e. The molecule has 1 rings (SSSR count). The third kappa shape index (κ3) is 5.36. The number of carbonyl (C=O) groups excluding carboxylic acids is 1. The van der Waals surface area contributed by atoms with Gasteiger partial charge in [-0.15, -0.1) is 0 Å². The standard InChI is InChI=1S/C14H20N2O2S/c1-3-8-16(10-13(15)19)9-11-4-6-12(7-5-11)14(17)18-2/h4-7H,3,8-10H2,1-2H3,(H2,15,19). The molecule has 0 radical (unpaired) electrons. The number of ether oxygens (including phenoxy) is 1. The lowest BCUT2D eigenvalue weighted by atomic mass is 10.1. The van der Waals surface area contributed by atoms with Crippen molar-refractivity contribution in [3.63, 3.8) is 0 Å². The molecule has 1 aromatic carbocycles. The van der Waals surface area contributed by atoms with E-state index in [9.17, 15) is 4.79 Å². The van der Waals surface area contributed by atoms with E-state index >= 15 is 0 Å². The molecule has 0 aliphatic rings. The van der Waals surface area contributed by atoms with Crippen LogP contribution in [0.4, 0.5) is 0 Å². The predicted molar refractivity (Wildman–Crippen MR) is 80.1 cm³/mol. The highest BCUT2D eigenvalue weighted by atomic mass is 32.1. The van der Waals surface area contributed by atoms with Crippen LogP contribution in [0.1, 0.15) is 29.3 Å². The van der Waals surface area contributed by atoms with Gasteiger partial charge in [0.25, 0.3) is 0 Å². The molecule has 2 N–H and O–H groups in total. The van der Waals surface area contributed by atoms with Crippen LogP contribution in [0.2, 0.25) is 0 Å². The van der Waals surface area contributed by atoms with E-state index < -0.39 is 0 Å². The fraction of sp³-hybridized carbons (Fsp3) is 0.429. The van der Waals surface area contributed by atoms with Gasteiger partial charge in [-0.1, -0.05) is 31.3 Å². The summed E-state index contributed by atoms with van der Waals surface area (Å²) in [5.74, 6) is -0.319. The van der Waals surface area contributed by atoms with E-state index in [1.54, 1.807) is 12.1 Å². The van der Waals surface area contributed by atoms with Crippen molar-refractivity contribution in [2.24, 2.45) is 5.73 Å². The molecule has 4 nitrogen and oxygen atoms in total. The maximum atomic E-state index is 11.3. The average Bonchev–Trinajstić information content (AvgIpc) is 2.38. The first-order valence-corrected chi connectivity index (χ1v) is 6.65. The van der Waals surface area contributed by atoms with Crippen molar-refractivity contribution in [2.75, 3.05) is 20.2 Å². The van der Waals surface area contributed by atoms with Crippen molar-refractivity contribution in [3.8, 4) is 0 Å². The number of methoxy groups -OCH3 is 1. The second-order valence-electron chi connectivity index (χ2n) is 4.37. The summed E-state index contributed by atoms with van der Waals surface area (Å²) in [5, 5.41) is 0. The number of esters is 1. The molecule has 0 saturated heterocycles. The smallest absolute Gasteiger partial charge is 0.337 e. The lowest BCUT2D eigenvalue weighted by Gasteiger charge is -2.21. The SMILES string of the molecule is CCCN(CC(N)=S)Cc1ccc(C(=O)OC)cc1. The molecule has 104 valence electrons. The Bertz CT molecular complexity index is 432. The zero-order valence-electron chi connectivity index (χ0n) is 11.4. The molecule has 0 aromatic heterocycles. The van der Waals surface area contributed by atoms with Crippen LogP contribution in [-0.2, 0) is 11.3 Å². The Morgan fingerprint density at radius 2 is 2.00 bits per heavy atom. The molecule has 0 unspecified atom stereocenters. The fourth-order valence-electron chi connectivity index (χ4n) is 1.87. The van der Waals surface area contributed by atoms with Gasteiger partial charge in [-0.3, -0.25) is 4.90 Å². The number of benzene rings is 1. The number of nitrogens with zero attached hydrogens (tertiary/aromatic N) is 1. The van der Waals surface area contributed by atoms with E-state index in [1.165, 1.54) is 7.11 Å². The molecule has 5 heteroatoms. The number of hydrogen-bond acceptors (Lipinski definition) is 4. The molecular weight excluding hydrogens is 260 g/mol. The number of rotatable bonds is 7. The van der Waals surface area contributed by atoms with Crippen molar-refractivity contribution in [3.05, 3.63) is 35.4 Å². The maximum absolute atomic E-state index is 11.3. The summed E-state index contributed by atoms with van der Waals surface area (Å²) in [5.41, 5.74) is 7.27. The fourth-order valence-corrected chi connectivity index (χ4v) is 2.06. The van der Waals surface area contributed by atoms with Crippen molar-refractivity contribution < 1.29 is 9.53 Å². The monoisotopic (exact) mass is 280 g/mol. The molecule has 19 heavy (non-hydrogen) atoms. The topological polar surface area (TPSA) is 55.6 Å². The first-order chi connectivity index (χ1) is 9.06. The minimum absolute atomic E-state index is 0.319. The lowest BCUT2D eigenvalue weighted by molar-refractivity contribution is 0.0600. The predicted octanol–water partition coefficient (Wildman–Crippen LogP) is 1.97. The molecule has 0 saturated carbocycles. The van der Waals surface area contributed by atoms with Crippen LogP contribution < -0.4 is 5.73 Å². The summed E-state index contributed by atoms with van der Waals surface area (Å²) in [6.07, 6.45) is 1.04. The molecule has 0 heterocycles. The summed E-state index contributed by atoms with van der Waals surface area (Å²) < 4.78 is 4.67. The molecule has 1 aromatic rings. The van der Waals surface area contributed by atoms with E-state index in [0.29, 0.717) is 17.1 Å². The van der Waals surface area contributed by atoms with E-state index in [2.05, 4.69) is 16.6 Å². The van der Waals surface area contributed by atoms with Crippen molar-refractivity contribution in [2.45, 2.75) is 19.9 Å². The summed E-state index contributed by atoms with van der Waals surface area (Å²) in [6.45, 7) is 4.44. The van der Waals surface area contributed by atoms with E-state index in [1.807, 2.05) is 12.1 Å². The van der Waals surface area contributed by atoms with Crippen LogP contribution in [0.15, 0.2) is 24.3 Å². The highest BCUT2D eigenvalue weighted by Gasteiger charge is 2.08. The van der Waals surface area contributed by atoms with Crippen molar-refractivity contribution in [1.82, 2.24) is 4.90 Å². The van der Waals surface area contributed by atoms with Gasteiger partial charge in [0.15, 0.2) is 0 Å². The van der Waals surface area contributed by atoms with Crippen LogP contribution in [0.25, 0.3) is 0 Å². The molecule has 0 amide bonds. The summed E-state index contributed by atoms with van der Waals surface area (Å²) in [6, 6.07) is 7.39. The van der Waals surface area contributed by atoms with Gasteiger partial charge in [0, 0.05) is 13.1 Å². The Labute approximate surface area is 119 Å². The van der Waals surface area contributed by atoms with Crippen LogP contribution in [-0.4, -0.2) is 36.1 Å². The number of nitrogens with two attached hydrogens (primary N) is 1. The summed E-state index contributed by atoms with van der Waals surface area (Å²) >= 11 is 4.95. The quantitative estimate of drug-likeness (QED) is 0.611. The minimum atomic E-state index is -0.319. The molecule has 0 bridgehead atoms. The molecule has 0 atom stereocenters. The Hall–Kier alpha value is -1.46. The van der Waals surface area contributed by atoms with E-state index in [4.69, 9.17) is 18.0 Å². The van der Waals surface area contributed by atoms with E-state index in [0.717, 1.165) is 25.1 Å². The second kappa shape index (κ2) is 7.86. The van der Waals surface area contributed by atoms with Gasteiger partial charge in [-0.05, 0) is 30.7 Å². The number of hydrogen-bond donors (Lipinski definition) is 1. The Morgan fingerprint density at radius 1 is 1.37 bits per heavy atom. The van der Waals surface area contributed by atoms with Crippen LogP contribution in [0.5, 0.6) is 0 Å². The Kier molecular flexibility index (Phi) is 6.45. The van der Waals surface area contributed by atoms with Crippen LogP contribution >= 0.6 is 12.2 Å². The van der Waals surface area contributed by atoms with Crippen molar-refractivity contribution in [1.29, 1.82) is 0 Å². The van der Waals surface area contributed by atoms with E-state index in [-0.39, 0.29) is 5.97 Å². The highest BCUT2D eigenvalue weighted by Crippen LogP contribution is 2.09. The zero-order chi connectivity index (χ0) is 14.3. The normalized spacial score (nSPS) is 10.5. The van der Waals surface area contributed by atoms with Gasteiger partial charge in [0.05, 0.1) is 17.7 Å². The third-order valence-corrected chi connectivity index (χ3v) is 2.83. The van der Waals surface area contributed by atoms with Gasteiger partial charge in [-0.25, -0.2) is 4.79 Å². The second-order valence-corrected chi connectivity index (χ2v) is 4.89. The Balaban J connectivity index is 2.68. The summed E-state index contributed by atoms with van der Waals surface area (Å²) in [7, 11) is 1.38. The van der Waals surface area contributed by atoms with Crippen LogP contribution in [0, 0.1) is 0 Å². The number of carbonyl (C=O) groups is 1. The van der Waals surface area contributed by atoms with Gasteiger partial charge in [0.1, 0.15) is 0 Å². The highest BCUT2D eigenvalue weighted by molar-refractivity contribution is 7.80. The first-order valence-electron chi connectivity index (χ1n) is 6.24. The zero-order valence-corrected chi connectivity index (χ0v) is 12.2. The molecule has 0 spiro atoms. The Morgan fingerprint density at radius 3 is 2.47 bits per heavy atom. The largest absolute Gasteiger partial charge is 0.465 e. The summed E-state index contributed by atoms with van der Waals surface area (Å²) in [4.78, 5) is 14.0. The number of thiocarbonyl (C=S) groups is 1. The third-order valence-electron chi connectivity index (χ3n) is 2.70. The van der Waals surface area contributed by atoms with Gasteiger partial charge in [-0.2, -0.15) is 0 Å². The minimum Gasteiger partial charge on any atom is -0.465 e. The molecular formula is C14H20N2O2S. The van der Waals surface area contributed by atoms with Gasteiger partial charge >= 0.3 is 5.97 Å². The van der Waals surface area contributed by atoms with Crippen molar-refractivity contribution >= 4 is 23.2 Å². The van der Waals surface area contributed by atoms with Crippen LogP contribution in [0.3, 0.4) is 0 Å². The molecule has 0 aliphatic carbocycles. The molecule has 0 aliphatic heterocycles.